The maximum atomic E-state index is 10.8. The van der Waals surface area contributed by atoms with Crippen LogP contribution in [0.1, 0.15) is 45.4 Å². The molecule has 86 valence electrons. The third kappa shape index (κ3) is 2.33. The Morgan fingerprint density at radius 1 is 1.20 bits per heavy atom. The standard InChI is InChI=1S/C12H21NO2/c1-9-3-2-8-13(9)11-6-4-10(5-7-11)12(14)15/h9-11H,2-8H2,1H3,(H,14,15). The summed E-state index contributed by atoms with van der Waals surface area (Å²) < 4.78 is 0. The van der Waals surface area contributed by atoms with Gasteiger partial charge in [-0.2, -0.15) is 0 Å². The van der Waals surface area contributed by atoms with Crippen LogP contribution in [0.4, 0.5) is 0 Å². The molecule has 1 atom stereocenters. The molecular weight excluding hydrogens is 190 g/mol. The molecule has 1 unspecified atom stereocenters. The van der Waals surface area contributed by atoms with E-state index in [4.69, 9.17) is 5.11 Å². The third-order valence-corrected chi connectivity index (χ3v) is 4.12. The normalized spacial score (nSPS) is 38.1. The lowest BCUT2D eigenvalue weighted by Crippen LogP contribution is -2.40. The second-order valence-electron chi connectivity index (χ2n) is 5.07. The minimum atomic E-state index is -0.595. The molecule has 2 fully saturated rings. The van der Waals surface area contributed by atoms with Crippen molar-refractivity contribution in [1.29, 1.82) is 0 Å². The first-order chi connectivity index (χ1) is 7.18. The number of carboxylic acids is 1. The van der Waals surface area contributed by atoms with Crippen LogP contribution in [0.5, 0.6) is 0 Å². The third-order valence-electron chi connectivity index (χ3n) is 4.12. The summed E-state index contributed by atoms with van der Waals surface area (Å²) in [4.78, 5) is 13.4. The van der Waals surface area contributed by atoms with Gasteiger partial charge < -0.3 is 5.11 Å². The van der Waals surface area contributed by atoms with Gasteiger partial charge in [0.2, 0.25) is 0 Å². The molecule has 1 N–H and O–H groups in total. The molecule has 1 aliphatic carbocycles. The molecule has 0 amide bonds. The van der Waals surface area contributed by atoms with Crippen molar-refractivity contribution >= 4 is 5.97 Å². The molecule has 15 heavy (non-hydrogen) atoms. The fourth-order valence-corrected chi connectivity index (χ4v) is 3.15. The zero-order valence-electron chi connectivity index (χ0n) is 9.48. The quantitative estimate of drug-likeness (QED) is 0.760. The Balaban J connectivity index is 1.85. The summed E-state index contributed by atoms with van der Waals surface area (Å²) in [6.07, 6.45) is 6.56. The number of likely N-dealkylation sites (tertiary alicyclic amines) is 1. The van der Waals surface area contributed by atoms with Gasteiger partial charge in [0.05, 0.1) is 5.92 Å². The molecule has 1 heterocycles. The van der Waals surface area contributed by atoms with E-state index in [0.29, 0.717) is 6.04 Å². The van der Waals surface area contributed by atoms with Crippen molar-refractivity contribution in [2.45, 2.75) is 57.5 Å². The van der Waals surface area contributed by atoms with Crippen molar-refractivity contribution < 1.29 is 9.90 Å². The topological polar surface area (TPSA) is 40.5 Å². The van der Waals surface area contributed by atoms with Crippen molar-refractivity contribution in [3.8, 4) is 0 Å². The molecule has 0 aromatic heterocycles. The van der Waals surface area contributed by atoms with Crippen LogP contribution in [0.2, 0.25) is 0 Å². The van der Waals surface area contributed by atoms with Gasteiger partial charge in [0.15, 0.2) is 0 Å². The smallest absolute Gasteiger partial charge is 0.306 e. The summed E-state index contributed by atoms with van der Waals surface area (Å²) in [6.45, 7) is 3.53. The van der Waals surface area contributed by atoms with Crippen LogP contribution >= 0.6 is 0 Å². The Morgan fingerprint density at radius 2 is 1.87 bits per heavy atom. The molecule has 3 heteroatoms. The molecule has 1 aliphatic heterocycles. The van der Waals surface area contributed by atoms with Crippen LogP contribution < -0.4 is 0 Å². The Hall–Kier alpha value is -0.570. The Labute approximate surface area is 91.5 Å². The molecule has 0 spiro atoms. The molecule has 3 nitrogen and oxygen atoms in total. The van der Waals surface area contributed by atoms with Gasteiger partial charge in [-0.1, -0.05) is 0 Å². The van der Waals surface area contributed by atoms with E-state index in [-0.39, 0.29) is 5.92 Å². The lowest BCUT2D eigenvalue weighted by Gasteiger charge is -2.35. The first-order valence-corrected chi connectivity index (χ1v) is 6.17. The molecule has 0 bridgehead atoms. The van der Waals surface area contributed by atoms with Crippen LogP contribution in [-0.4, -0.2) is 34.6 Å². The summed E-state index contributed by atoms with van der Waals surface area (Å²) in [7, 11) is 0. The van der Waals surface area contributed by atoms with Gasteiger partial charge >= 0.3 is 5.97 Å². The predicted octanol–water partition coefficient (Wildman–Crippen LogP) is 2.11. The summed E-state index contributed by atoms with van der Waals surface area (Å²) >= 11 is 0. The van der Waals surface area contributed by atoms with Crippen molar-refractivity contribution in [3.05, 3.63) is 0 Å². The monoisotopic (exact) mass is 211 g/mol. The van der Waals surface area contributed by atoms with Crippen molar-refractivity contribution in [3.63, 3.8) is 0 Å². The van der Waals surface area contributed by atoms with E-state index in [1.807, 2.05) is 0 Å². The highest BCUT2D eigenvalue weighted by molar-refractivity contribution is 5.70. The molecule has 2 rings (SSSR count). The van der Waals surface area contributed by atoms with Gasteiger partial charge in [-0.25, -0.2) is 0 Å². The molecular formula is C12H21NO2. The number of carbonyl (C=O) groups is 1. The number of hydrogen-bond acceptors (Lipinski definition) is 2. The highest BCUT2D eigenvalue weighted by atomic mass is 16.4. The van der Waals surface area contributed by atoms with E-state index in [1.54, 1.807) is 0 Å². The number of carboxylic acid groups (broad SMARTS) is 1. The molecule has 2 aliphatic rings. The lowest BCUT2D eigenvalue weighted by molar-refractivity contribution is -0.143. The first-order valence-electron chi connectivity index (χ1n) is 6.17. The highest BCUT2D eigenvalue weighted by Gasteiger charge is 2.32. The van der Waals surface area contributed by atoms with Crippen molar-refractivity contribution in [1.82, 2.24) is 4.90 Å². The van der Waals surface area contributed by atoms with E-state index in [0.717, 1.165) is 31.7 Å². The van der Waals surface area contributed by atoms with Crippen molar-refractivity contribution in [2.24, 2.45) is 5.92 Å². The van der Waals surface area contributed by atoms with Crippen LogP contribution in [0.15, 0.2) is 0 Å². The maximum Gasteiger partial charge on any atom is 0.306 e. The van der Waals surface area contributed by atoms with Gasteiger partial charge in [-0.05, 0) is 52.0 Å². The van der Waals surface area contributed by atoms with Crippen LogP contribution in [0.3, 0.4) is 0 Å². The second kappa shape index (κ2) is 4.52. The van der Waals surface area contributed by atoms with E-state index >= 15 is 0 Å². The van der Waals surface area contributed by atoms with E-state index < -0.39 is 5.97 Å². The second-order valence-corrected chi connectivity index (χ2v) is 5.07. The van der Waals surface area contributed by atoms with E-state index in [9.17, 15) is 4.79 Å². The van der Waals surface area contributed by atoms with E-state index in [2.05, 4.69) is 11.8 Å². The fraction of sp³-hybridized carbons (Fsp3) is 0.917. The molecule has 0 aromatic carbocycles. The fourth-order valence-electron chi connectivity index (χ4n) is 3.15. The average Bonchev–Trinajstić information content (AvgIpc) is 2.65. The largest absolute Gasteiger partial charge is 0.481 e. The van der Waals surface area contributed by atoms with Gasteiger partial charge in [0.25, 0.3) is 0 Å². The molecule has 1 saturated heterocycles. The van der Waals surface area contributed by atoms with Crippen LogP contribution in [0, 0.1) is 5.92 Å². The molecule has 0 aromatic rings. The zero-order valence-corrected chi connectivity index (χ0v) is 9.48. The van der Waals surface area contributed by atoms with Gasteiger partial charge in [0, 0.05) is 12.1 Å². The lowest BCUT2D eigenvalue weighted by atomic mass is 9.85. The van der Waals surface area contributed by atoms with Gasteiger partial charge in [-0.3, -0.25) is 9.69 Å². The summed E-state index contributed by atoms with van der Waals surface area (Å²) in [5, 5.41) is 8.93. The number of rotatable bonds is 2. The van der Waals surface area contributed by atoms with Crippen LogP contribution in [0.25, 0.3) is 0 Å². The Bertz CT molecular complexity index is 234. The number of hydrogen-bond donors (Lipinski definition) is 1. The molecule has 0 radical (unpaired) electrons. The zero-order chi connectivity index (χ0) is 10.8. The summed E-state index contributed by atoms with van der Waals surface area (Å²) in [5.74, 6) is -0.665. The first kappa shape index (κ1) is 10.9. The van der Waals surface area contributed by atoms with Gasteiger partial charge in [0.1, 0.15) is 0 Å². The Kier molecular flexibility index (Phi) is 3.29. The maximum absolute atomic E-state index is 10.8. The highest BCUT2D eigenvalue weighted by Crippen LogP contribution is 2.31. The summed E-state index contributed by atoms with van der Waals surface area (Å²) in [5.41, 5.74) is 0. The number of aliphatic carboxylic acids is 1. The minimum absolute atomic E-state index is 0.0702. The predicted molar refractivity (Wildman–Crippen MR) is 58.8 cm³/mol. The van der Waals surface area contributed by atoms with Crippen LogP contribution in [-0.2, 0) is 4.79 Å². The SMILES string of the molecule is CC1CCCN1C1CCC(C(=O)O)CC1. The summed E-state index contributed by atoms with van der Waals surface area (Å²) in [6, 6.07) is 1.38. The van der Waals surface area contributed by atoms with Gasteiger partial charge in [-0.15, -0.1) is 0 Å². The minimum Gasteiger partial charge on any atom is -0.481 e. The van der Waals surface area contributed by atoms with E-state index in [1.165, 1.54) is 19.4 Å². The molecule has 1 saturated carbocycles. The average molecular weight is 211 g/mol. The number of nitrogens with zero attached hydrogens (tertiary/aromatic N) is 1. The Morgan fingerprint density at radius 3 is 2.33 bits per heavy atom. The van der Waals surface area contributed by atoms with Crippen molar-refractivity contribution in [2.75, 3.05) is 6.54 Å².